The standard InChI is InChI=1S/C16H23NO2S/c1-11-6-12(2)15(13(3)7-11)9-17-4-5-20-10-14(17)8-16(18)19/h6-7,14H,4-5,8-10H2,1-3H3,(H,18,19). The summed E-state index contributed by atoms with van der Waals surface area (Å²) >= 11 is 1.87. The molecule has 0 aliphatic carbocycles. The van der Waals surface area contributed by atoms with E-state index in [9.17, 15) is 4.79 Å². The molecule has 4 heteroatoms. The first-order chi connectivity index (χ1) is 9.47. The molecule has 0 bridgehead atoms. The van der Waals surface area contributed by atoms with Gasteiger partial charge in [-0.15, -0.1) is 0 Å². The number of hydrogen-bond acceptors (Lipinski definition) is 3. The number of rotatable bonds is 4. The van der Waals surface area contributed by atoms with Gasteiger partial charge >= 0.3 is 5.97 Å². The van der Waals surface area contributed by atoms with Crippen molar-refractivity contribution in [3.05, 3.63) is 34.4 Å². The highest BCUT2D eigenvalue weighted by molar-refractivity contribution is 7.99. The van der Waals surface area contributed by atoms with Crippen molar-refractivity contribution in [2.75, 3.05) is 18.1 Å². The number of nitrogens with zero attached hydrogens (tertiary/aromatic N) is 1. The molecule has 0 saturated carbocycles. The lowest BCUT2D eigenvalue weighted by Gasteiger charge is -2.35. The number of carbonyl (C=O) groups is 1. The maximum absolute atomic E-state index is 11.0. The van der Waals surface area contributed by atoms with Crippen LogP contribution < -0.4 is 0 Å². The highest BCUT2D eigenvalue weighted by Gasteiger charge is 2.25. The molecule has 1 aromatic rings. The van der Waals surface area contributed by atoms with Crippen LogP contribution in [-0.4, -0.2) is 40.1 Å². The Morgan fingerprint density at radius 2 is 2.00 bits per heavy atom. The highest BCUT2D eigenvalue weighted by Crippen LogP contribution is 2.24. The summed E-state index contributed by atoms with van der Waals surface area (Å²) in [6, 6.07) is 4.59. The summed E-state index contributed by atoms with van der Waals surface area (Å²) in [5, 5.41) is 9.06. The summed E-state index contributed by atoms with van der Waals surface area (Å²) < 4.78 is 0. The van der Waals surface area contributed by atoms with Crippen molar-refractivity contribution in [3.8, 4) is 0 Å². The molecule has 1 aliphatic heterocycles. The number of thioether (sulfide) groups is 1. The van der Waals surface area contributed by atoms with Gasteiger partial charge in [-0.1, -0.05) is 17.7 Å². The van der Waals surface area contributed by atoms with Crippen molar-refractivity contribution in [2.24, 2.45) is 0 Å². The normalized spacial score (nSPS) is 20.1. The lowest BCUT2D eigenvalue weighted by molar-refractivity contribution is -0.138. The molecule has 1 saturated heterocycles. The number of hydrogen-bond donors (Lipinski definition) is 1. The SMILES string of the molecule is Cc1cc(C)c(CN2CCSCC2CC(=O)O)c(C)c1. The number of carboxylic acids is 1. The van der Waals surface area contributed by atoms with Gasteiger partial charge in [0.05, 0.1) is 6.42 Å². The van der Waals surface area contributed by atoms with Crippen molar-refractivity contribution >= 4 is 17.7 Å². The molecule has 1 aromatic carbocycles. The monoisotopic (exact) mass is 293 g/mol. The molecule has 1 fully saturated rings. The van der Waals surface area contributed by atoms with Gasteiger partial charge in [0.2, 0.25) is 0 Å². The first kappa shape index (κ1) is 15.4. The number of carboxylic acid groups (broad SMARTS) is 1. The number of aryl methyl sites for hydroxylation is 3. The van der Waals surface area contributed by atoms with Gasteiger partial charge in [-0.2, -0.15) is 11.8 Å². The first-order valence-electron chi connectivity index (χ1n) is 7.07. The predicted molar refractivity (Wildman–Crippen MR) is 84.4 cm³/mol. The van der Waals surface area contributed by atoms with Crippen LogP contribution in [0.15, 0.2) is 12.1 Å². The molecule has 1 atom stereocenters. The first-order valence-corrected chi connectivity index (χ1v) is 8.23. The predicted octanol–water partition coefficient (Wildman–Crippen LogP) is 3.00. The lowest BCUT2D eigenvalue weighted by atomic mass is 9.98. The second kappa shape index (κ2) is 6.64. The lowest BCUT2D eigenvalue weighted by Crippen LogP contribution is -2.43. The second-order valence-corrected chi connectivity index (χ2v) is 6.82. The summed E-state index contributed by atoms with van der Waals surface area (Å²) in [5.74, 6) is 1.33. The second-order valence-electron chi connectivity index (χ2n) is 5.67. The Labute approximate surface area is 125 Å². The van der Waals surface area contributed by atoms with E-state index >= 15 is 0 Å². The molecule has 20 heavy (non-hydrogen) atoms. The fourth-order valence-corrected chi connectivity index (χ4v) is 4.08. The van der Waals surface area contributed by atoms with E-state index < -0.39 is 5.97 Å². The van der Waals surface area contributed by atoms with Crippen molar-refractivity contribution in [3.63, 3.8) is 0 Å². The third kappa shape index (κ3) is 3.76. The third-order valence-electron chi connectivity index (χ3n) is 3.96. The van der Waals surface area contributed by atoms with Gasteiger partial charge in [-0.25, -0.2) is 0 Å². The minimum Gasteiger partial charge on any atom is -0.481 e. The Morgan fingerprint density at radius 3 is 2.60 bits per heavy atom. The maximum Gasteiger partial charge on any atom is 0.304 e. The van der Waals surface area contributed by atoms with E-state index in [1.54, 1.807) is 0 Å². The van der Waals surface area contributed by atoms with Crippen molar-refractivity contribution in [1.82, 2.24) is 4.90 Å². The zero-order chi connectivity index (χ0) is 14.7. The van der Waals surface area contributed by atoms with Gasteiger partial charge in [0.1, 0.15) is 0 Å². The summed E-state index contributed by atoms with van der Waals surface area (Å²) in [6.45, 7) is 8.28. The molecule has 3 nitrogen and oxygen atoms in total. The Kier molecular flexibility index (Phi) is 5.11. The summed E-state index contributed by atoms with van der Waals surface area (Å²) in [5.41, 5.74) is 5.28. The Balaban J connectivity index is 2.16. The Morgan fingerprint density at radius 1 is 1.35 bits per heavy atom. The molecule has 0 spiro atoms. The van der Waals surface area contributed by atoms with Crippen LogP contribution in [0, 0.1) is 20.8 Å². The van der Waals surface area contributed by atoms with Crippen LogP contribution in [0.2, 0.25) is 0 Å². The highest BCUT2D eigenvalue weighted by atomic mass is 32.2. The average molecular weight is 293 g/mol. The van der Waals surface area contributed by atoms with Gasteiger partial charge in [0.15, 0.2) is 0 Å². The summed E-state index contributed by atoms with van der Waals surface area (Å²) in [4.78, 5) is 13.4. The third-order valence-corrected chi connectivity index (χ3v) is 5.05. The van der Waals surface area contributed by atoms with E-state index in [0.29, 0.717) is 0 Å². The van der Waals surface area contributed by atoms with Crippen LogP contribution in [0.1, 0.15) is 28.7 Å². The molecular formula is C16H23NO2S. The van der Waals surface area contributed by atoms with E-state index in [0.717, 1.165) is 24.6 Å². The van der Waals surface area contributed by atoms with Gasteiger partial charge in [-0.05, 0) is 37.5 Å². The molecule has 2 rings (SSSR count). The van der Waals surface area contributed by atoms with Crippen molar-refractivity contribution < 1.29 is 9.90 Å². The fraction of sp³-hybridized carbons (Fsp3) is 0.562. The fourth-order valence-electron chi connectivity index (χ4n) is 2.95. The van der Waals surface area contributed by atoms with E-state index in [1.807, 2.05) is 11.8 Å². The van der Waals surface area contributed by atoms with Crippen LogP contribution >= 0.6 is 11.8 Å². The molecule has 1 aliphatic rings. The zero-order valence-corrected chi connectivity index (χ0v) is 13.3. The molecule has 110 valence electrons. The summed E-state index contributed by atoms with van der Waals surface area (Å²) in [6.07, 6.45) is 0.247. The molecule has 1 unspecified atom stereocenters. The average Bonchev–Trinajstić information content (AvgIpc) is 2.34. The van der Waals surface area contributed by atoms with E-state index in [1.165, 1.54) is 22.3 Å². The van der Waals surface area contributed by atoms with Crippen LogP contribution in [0.25, 0.3) is 0 Å². The minimum atomic E-state index is -0.695. The van der Waals surface area contributed by atoms with Gasteiger partial charge in [-0.3, -0.25) is 9.69 Å². The minimum absolute atomic E-state index is 0.159. The molecule has 1 N–H and O–H groups in total. The van der Waals surface area contributed by atoms with Crippen LogP contribution in [-0.2, 0) is 11.3 Å². The topological polar surface area (TPSA) is 40.5 Å². The van der Waals surface area contributed by atoms with Crippen LogP contribution in [0.4, 0.5) is 0 Å². The smallest absolute Gasteiger partial charge is 0.304 e. The van der Waals surface area contributed by atoms with Gasteiger partial charge < -0.3 is 5.11 Å². The van der Waals surface area contributed by atoms with Crippen LogP contribution in [0.3, 0.4) is 0 Å². The molecule has 1 heterocycles. The van der Waals surface area contributed by atoms with Crippen molar-refractivity contribution in [1.29, 1.82) is 0 Å². The van der Waals surface area contributed by atoms with E-state index in [-0.39, 0.29) is 12.5 Å². The van der Waals surface area contributed by atoms with E-state index in [2.05, 4.69) is 37.8 Å². The zero-order valence-electron chi connectivity index (χ0n) is 12.5. The largest absolute Gasteiger partial charge is 0.481 e. The molecule has 0 radical (unpaired) electrons. The van der Waals surface area contributed by atoms with Gasteiger partial charge in [0.25, 0.3) is 0 Å². The molecule has 0 amide bonds. The van der Waals surface area contributed by atoms with Crippen molar-refractivity contribution in [2.45, 2.75) is 39.8 Å². The Hall–Kier alpha value is -1.00. The summed E-state index contributed by atoms with van der Waals surface area (Å²) in [7, 11) is 0. The number of benzene rings is 1. The van der Waals surface area contributed by atoms with E-state index in [4.69, 9.17) is 5.11 Å². The molecule has 0 aromatic heterocycles. The molecular weight excluding hydrogens is 270 g/mol. The quantitative estimate of drug-likeness (QED) is 0.926. The maximum atomic E-state index is 11.0. The Bertz CT molecular complexity index is 478. The number of aliphatic carboxylic acids is 1. The van der Waals surface area contributed by atoms with Crippen LogP contribution in [0.5, 0.6) is 0 Å². The van der Waals surface area contributed by atoms with Gasteiger partial charge in [0, 0.05) is 30.6 Å².